The van der Waals surface area contributed by atoms with Crippen LogP contribution in [0.25, 0.3) is 5.65 Å². The summed E-state index contributed by atoms with van der Waals surface area (Å²) in [5, 5.41) is 0. The van der Waals surface area contributed by atoms with E-state index in [9.17, 15) is 4.79 Å². The third-order valence-corrected chi connectivity index (χ3v) is 7.90. The van der Waals surface area contributed by atoms with Gasteiger partial charge in [-0.2, -0.15) is 0 Å². The van der Waals surface area contributed by atoms with Gasteiger partial charge in [-0.05, 0) is 30.7 Å². The lowest BCUT2D eigenvalue weighted by molar-refractivity contribution is -0.129. The van der Waals surface area contributed by atoms with Crippen molar-refractivity contribution in [1.82, 2.24) is 30.1 Å². The van der Waals surface area contributed by atoms with E-state index in [1.807, 2.05) is 11.1 Å². The first kappa shape index (κ1) is 21.6. The number of anilines is 1. The third kappa shape index (κ3) is 3.95. The van der Waals surface area contributed by atoms with Crippen LogP contribution in [0.3, 0.4) is 0 Å². The van der Waals surface area contributed by atoms with Crippen molar-refractivity contribution in [2.75, 3.05) is 37.6 Å². The highest BCUT2D eigenvalue weighted by Gasteiger charge is 2.37. The van der Waals surface area contributed by atoms with Crippen molar-refractivity contribution in [3.63, 3.8) is 0 Å². The number of amides is 1. The van der Waals surface area contributed by atoms with Gasteiger partial charge in [-0.1, -0.05) is 30.3 Å². The number of piperazine rings is 1. The second-order valence-electron chi connectivity index (χ2n) is 9.95. The van der Waals surface area contributed by atoms with Crippen LogP contribution in [0, 0.1) is 5.92 Å². The maximum atomic E-state index is 11.8. The molecule has 0 spiro atoms. The Labute approximate surface area is 200 Å². The van der Waals surface area contributed by atoms with Gasteiger partial charge in [0.25, 0.3) is 0 Å². The summed E-state index contributed by atoms with van der Waals surface area (Å²) in [6.07, 6.45) is 8.37. The van der Waals surface area contributed by atoms with Crippen LogP contribution in [-0.2, 0) is 11.2 Å². The molecule has 4 heterocycles. The summed E-state index contributed by atoms with van der Waals surface area (Å²) in [5.41, 5.74) is 11.6. The van der Waals surface area contributed by atoms with E-state index in [0.717, 1.165) is 50.6 Å². The first-order chi connectivity index (χ1) is 16.7. The molecule has 1 saturated carbocycles. The first-order valence-electron chi connectivity index (χ1n) is 12.6. The molecule has 1 aromatic carbocycles. The first-order valence-corrected chi connectivity index (χ1v) is 12.6. The van der Waals surface area contributed by atoms with E-state index in [0.29, 0.717) is 17.9 Å². The van der Waals surface area contributed by atoms with E-state index < -0.39 is 0 Å². The van der Waals surface area contributed by atoms with Crippen molar-refractivity contribution in [3.8, 4) is 0 Å². The standard InChI is InChI=1S/C26H33N7O/c1-18(34)31-11-13-32(14-12-31)25-26-29-23(15-19-5-3-2-4-6-19)24(33(26)10-9-27-25)20-7-8-22-21(16-20)17-28-30-22/h2-6,9-10,20-22,28,30H,7-8,11-17H2,1H3. The minimum atomic E-state index is 0.144. The number of nitrogens with one attached hydrogen (secondary N) is 2. The van der Waals surface area contributed by atoms with Crippen molar-refractivity contribution < 1.29 is 4.79 Å². The maximum absolute atomic E-state index is 11.8. The van der Waals surface area contributed by atoms with E-state index >= 15 is 0 Å². The molecule has 34 heavy (non-hydrogen) atoms. The molecule has 3 aliphatic rings. The van der Waals surface area contributed by atoms with Crippen LogP contribution >= 0.6 is 0 Å². The number of benzene rings is 1. The summed E-state index contributed by atoms with van der Waals surface area (Å²) in [4.78, 5) is 26.0. The van der Waals surface area contributed by atoms with Crippen LogP contribution in [0.5, 0.6) is 0 Å². The number of hydrogen-bond acceptors (Lipinski definition) is 6. The highest BCUT2D eigenvalue weighted by Crippen LogP contribution is 2.40. The summed E-state index contributed by atoms with van der Waals surface area (Å²) in [6, 6.07) is 11.2. The van der Waals surface area contributed by atoms with E-state index in [-0.39, 0.29) is 5.91 Å². The number of hydrogen-bond donors (Lipinski definition) is 2. The van der Waals surface area contributed by atoms with Crippen molar-refractivity contribution in [2.45, 2.75) is 44.6 Å². The van der Waals surface area contributed by atoms with Gasteiger partial charge in [0.15, 0.2) is 11.5 Å². The average molecular weight is 460 g/mol. The molecule has 1 aliphatic carbocycles. The zero-order valence-electron chi connectivity index (χ0n) is 19.8. The highest BCUT2D eigenvalue weighted by atomic mass is 16.2. The quantitative estimate of drug-likeness (QED) is 0.624. The monoisotopic (exact) mass is 459 g/mol. The molecular formula is C26H33N7O. The summed E-state index contributed by atoms with van der Waals surface area (Å²) in [6.45, 7) is 5.72. The zero-order chi connectivity index (χ0) is 23.1. The second kappa shape index (κ2) is 9.00. The van der Waals surface area contributed by atoms with Gasteiger partial charge in [0.05, 0.1) is 5.69 Å². The zero-order valence-corrected chi connectivity index (χ0v) is 19.8. The number of carbonyl (C=O) groups is 1. The van der Waals surface area contributed by atoms with Gasteiger partial charge in [-0.25, -0.2) is 9.97 Å². The van der Waals surface area contributed by atoms with E-state index in [1.54, 1.807) is 6.92 Å². The lowest BCUT2D eigenvalue weighted by Gasteiger charge is -2.35. The summed E-state index contributed by atoms with van der Waals surface area (Å²) < 4.78 is 2.32. The third-order valence-electron chi connectivity index (χ3n) is 7.90. The molecule has 1 amide bonds. The van der Waals surface area contributed by atoms with E-state index in [2.05, 4.69) is 56.7 Å². The highest BCUT2D eigenvalue weighted by molar-refractivity contribution is 5.74. The predicted molar refractivity (Wildman–Crippen MR) is 132 cm³/mol. The molecular weight excluding hydrogens is 426 g/mol. The van der Waals surface area contributed by atoms with Crippen LogP contribution in [-0.4, -0.2) is 63.9 Å². The molecule has 3 aromatic rings. The SMILES string of the molecule is CC(=O)N1CCN(c2nccn3c(C4CCC5NNCC5C4)c(Cc4ccccc4)nc23)CC1. The molecule has 8 heteroatoms. The topological polar surface area (TPSA) is 77.8 Å². The molecule has 2 saturated heterocycles. The van der Waals surface area contributed by atoms with Crippen molar-refractivity contribution in [1.29, 1.82) is 0 Å². The molecule has 3 atom stereocenters. The molecule has 3 unspecified atom stereocenters. The fourth-order valence-corrected chi connectivity index (χ4v) is 6.09. The Bertz CT molecular complexity index is 1170. The molecule has 2 aromatic heterocycles. The van der Waals surface area contributed by atoms with Crippen LogP contribution in [0.15, 0.2) is 42.7 Å². The van der Waals surface area contributed by atoms with E-state index in [1.165, 1.54) is 36.2 Å². The predicted octanol–water partition coefficient (Wildman–Crippen LogP) is 2.35. The van der Waals surface area contributed by atoms with Gasteiger partial charge in [-0.15, -0.1) is 0 Å². The molecule has 8 nitrogen and oxygen atoms in total. The molecule has 0 bridgehead atoms. The Balaban J connectivity index is 1.38. The maximum Gasteiger partial charge on any atom is 0.219 e. The number of fused-ring (bicyclic) bond motifs is 2. The molecule has 3 fully saturated rings. The average Bonchev–Trinajstić information content (AvgIpc) is 3.48. The molecule has 178 valence electrons. The smallest absolute Gasteiger partial charge is 0.219 e. The number of carbonyl (C=O) groups excluding carboxylic acids is 1. The van der Waals surface area contributed by atoms with Crippen molar-refractivity contribution in [3.05, 3.63) is 59.7 Å². The number of hydrazine groups is 1. The largest absolute Gasteiger partial charge is 0.350 e. The van der Waals surface area contributed by atoms with Gasteiger partial charge >= 0.3 is 0 Å². The van der Waals surface area contributed by atoms with Gasteiger partial charge in [0, 0.05) is 76.1 Å². The van der Waals surface area contributed by atoms with Gasteiger partial charge in [0.1, 0.15) is 0 Å². The van der Waals surface area contributed by atoms with Crippen LogP contribution < -0.4 is 15.8 Å². The minimum Gasteiger partial charge on any atom is -0.350 e. The number of aromatic nitrogens is 3. The number of imidazole rings is 1. The molecule has 6 rings (SSSR count). The lowest BCUT2D eigenvalue weighted by Crippen LogP contribution is -2.48. The Hall–Kier alpha value is -2.97. The normalized spacial score (nSPS) is 25.0. The number of rotatable bonds is 4. The molecule has 0 radical (unpaired) electrons. The van der Waals surface area contributed by atoms with Gasteiger partial charge in [0.2, 0.25) is 5.91 Å². The van der Waals surface area contributed by atoms with Crippen molar-refractivity contribution >= 4 is 17.4 Å². The Kier molecular flexibility index (Phi) is 5.71. The summed E-state index contributed by atoms with van der Waals surface area (Å²) >= 11 is 0. The fourth-order valence-electron chi connectivity index (χ4n) is 6.09. The minimum absolute atomic E-state index is 0.144. The Morgan fingerprint density at radius 1 is 1.12 bits per heavy atom. The number of nitrogens with zero attached hydrogens (tertiary/aromatic N) is 5. The van der Waals surface area contributed by atoms with E-state index in [4.69, 9.17) is 9.97 Å². The fraction of sp³-hybridized carbons (Fsp3) is 0.500. The van der Waals surface area contributed by atoms with Gasteiger partial charge < -0.3 is 9.80 Å². The van der Waals surface area contributed by atoms with Gasteiger partial charge in [-0.3, -0.25) is 20.0 Å². The van der Waals surface area contributed by atoms with Crippen LogP contribution in [0.2, 0.25) is 0 Å². The molecule has 2 aliphatic heterocycles. The summed E-state index contributed by atoms with van der Waals surface area (Å²) in [7, 11) is 0. The van der Waals surface area contributed by atoms with Crippen molar-refractivity contribution in [2.24, 2.45) is 5.92 Å². The Morgan fingerprint density at radius 3 is 2.74 bits per heavy atom. The van der Waals surface area contributed by atoms with Crippen LogP contribution in [0.1, 0.15) is 49.1 Å². The summed E-state index contributed by atoms with van der Waals surface area (Å²) in [5.74, 6) is 2.23. The molecule has 2 N–H and O–H groups in total. The lowest BCUT2D eigenvalue weighted by atomic mass is 9.77. The Morgan fingerprint density at radius 2 is 1.94 bits per heavy atom. The van der Waals surface area contributed by atoms with Crippen LogP contribution in [0.4, 0.5) is 5.82 Å². The second-order valence-corrected chi connectivity index (χ2v) is 9.95.